The van der Waals surface area contributed by atoms with Crippen molar-refractivity contribution < 1.29 is 49.0 Å². The number of halogens is 2. The highest BCUT2D eigenvalue weighted by Crippen LogP contribution is 2.52. The Bertz CT molecular complexity index is 1900. The Morgan fingerprint density at radius 1 is 0.636 bits per heavy atom. The molecule has 4 aromatic rings. The number of rotatable bonds is 14. The number of carbonyl (C=O) groups excluding carboxylic acids is 2. The van der Waals surface area contributed by atoms with Crippen LogP contribution < -0.4 is 40.2 Å². The summed E-state index contributed by atoms with van der Waals surface area (Å²) in [6, 6.07) is 17.6. The molecule has 0 amide bonds. The van der Waals surface area contributed by atoms with Gasteiger partial charge in [0.25, 0.3) is 0 Å². The predicted molar refractivity (Wildman–Crippen MR) is 212 cm³/mol. The molecule has 0 aromatic heterocycles. The first-order valence-electron chi connectivity index (χ1n) is 17.4. The zero-order valence-corrected chi connectivity index (χ0v) is 32.0. The van der Waals surface area contributed by atoms with Crippen molar-refractivity contribution in [2.75, 3.05) is 83.9 Å². The summed E-state index contributed by atoms with van der Waals surface area (Å²) in [5.41, 5.74) is 2.93. The van der Waals surface area contributed by atoms with E-state index in [0.29, 0.717) is 57.3 Å². The number of ketones is 2. The minimum atomic E-state index is -0.559. The van der Waals surface area contributed by atoms with Crippen molar-refractivity contribution in [3.05, 3.63) is 94.0 Å². The van der Waals surface area contributed by atoms with Crippen LogP contribution in [-0.2, 0) is 0 Å². The van der Waals surface area contributed by atoms with E-state index in [2.05, 4.69) is 27.3 Å². The van der Waals surface area contributed by atoms with Gasteiger partial charge in [-0.05, 0) is 42.5 Å². The molecule has 0 spiro atoms. The van der Waals surface area contributed by atoms with Gasteiger partial charge in [-0.25, -0.2) is 0 Å². The molecular formula is C39H46Cl2N4O10. The van der Waals surface area contributed by atoms with Gasteiger partial charge >= 0.3 is 0 Å². The number of fused-ring (bicyclic) bond motifs is 7. The molecule has 3 aliphatic rings. The van der Waals surface area contributed by atoms with Crippen LogP contribution in [0.5, 0.6) is 34.5 Å². The SMILES string of the molecule is COc1ccc2c(c1)OC1c3ccc(OC)cc3OCC21.Cl.Cl.O=C1c2c(O)ccc(O)c2C(=O)c2c(NCCNCCO)ccc(NCCNCCO)c21. The summed E-state index contributed by atoms with van der Waals surface area (Å²) in [6.45, 7) is 3.42. The number of benzene rings is 4. The van der Waals surface area contributed by atoms with Crippen LogP contribution in [0.1, 0.15) is 55.0 Å². The lowest BCUT2D eigenvalue weighted by Gasteiger charge is -2.28. The molecule has 4 aromatic carbocycles. The Balaban J connectivity index is 0.000000253. The van der Waals surface area contributed by atoms with E-state index in [9.17, 15) is 19.8 Å². The third-order valence-electron chi connectivity index (χ3n) is 9.27. The maximum Gasteiger partial charge on any atom is 0.200 e. The second kappa shape index (κ2) is 19.6. The number of phenolic OH excluding ortho intramolecular Hbond substituents is 2. The first-order chi connectivity index (χ1) is 25.8. The molecule has 16 heteroatoms. The summed E-state index contributed by atoms with van der Waals surface area (Å²) in [7, 11) is 3.32. The molecule has 2 unspecified atom stereocenters. The van der Waals surface area contributed by atoms with E-state index in [-0.39, 0.29) is 83.8 Å². The lowest BCUT2D eigenvalue weighted by atomic mass is 9.81. The van der Waals surface area contributed by atoms with Gasteiger partial charge in [-0.2, -0.15) is 0 Å². The molecule has 7 rings (SSSR count). The highest BCUT2D eigenvalue weighted by Gasteiger charge is 2.41. The summed E-state index contributed by atoms with van der Waals surface area (Å²) in [4.78, 5) is 26.7. The van der Waals surface area contributed by atoms with Gasteiger partial charge in [-0.3, -0.25) is 9.59 Å². The molecule has 1 aliphatic carbocycles. The number of ether oxygens (including phenoxy) is 4. The lowest BCUT2D eigenvalue weighted by molar-refractivity contribution is 0.0975. The van der Waals surface area contributed by atoms with Crippen molar-refractivity contribution in [1.82, 2.24) is 10.6 Å². The first kappa shape index (κ1) is 42.8. The fraction of sp³-hybridized carbons (Fsp3) is 0.333. The van der Waals surface area contributed by atoms with E-state index >= 15 is 0 Å². The van der Waals surface area contributed by atoms with Crippen LogP contribution in [0, 0.1) is 0 Å². The number of aromatic hydroxyl groups is 2. The van der Waals surface area contributed by atoms with Crippen LogP contribution in [0.15, 0.2) is 60.7 Å². The molecule has 2 atom stereocenters. The van der Waals surface area contributed by atoms with Gasteiger partial charge in [0.1, 0.15) is 40.6 Å². The predicted octanol–water partition coefficient (Wildman–Crippen LogP) is 4.02. The maximum atomic E-state index is 13.4. The molecule has 14 nitrogen and oxygen atoms in total. The van der Waals surface area contributed by atoms with Gasteiger partial charge in [0.05, 0.1) is 62.2 Å². The number of phenols is 2. The molecule has 55 heavy (non-hydrogen) atoms. The highest BCUT2D eigenvalue weighted by molar-refractivity contribution is 6.33. The fourth-order valence-electron chi connectivity index (χ4n) is 6.71. The summed E-state index contributed by atoms with van der Waals surface area (Å²) < 4.78 is 22.6. The van der Waals surface area contributed by atoms with Gasteiger partial charge < -0.3 is 60.6 Å². The third kappa shape index (κ3) is 8.96. The standard InChI is InChI=1S/C22H28N4O6.C17H16O4.2ClH/c27-11-9-23-5-7-25-13-1-2-14(26-8-6-24-10-12-28)18-17(13)21(31)19-15(29)3-4-16(30)20(19)22(18)32;1-18-10-4-6-13-15(7-10)20-9-14-12-5-3-11(19-2)8-16(12)21-17(13)14;;/h1-4,23-30H,5-12H2;3-8,14,17H,9H2,1-2H3;2*1H. The summed E-state index contributed by atoms with van der Waals surface area (Å²) in [6.07, 6.45) is 0.00163. The van der Waals surface area contributed by atoms with E-state index < -0.39 is 11.6 Å². The minimum absolute atomic E-state index is 0. The van der Waals surface area contributed by atoms with E-state index in [1.54, 1.807) is 26.4 Å². The van der Waals surface area contributed by atoms with Crippen molar-refractivity contribution in [2.24, 2.45) is 0 Å². The lowest BCUT2D eigenvalue weighted by Crippen LogP contribution is -2.28. The Morgan fingerprint density at radius 2 is 1.13 bits per heavy atom. The second-order valence-electron chi connectivity index (χ2n) is 12.5. The average molecular weight is 802 g/mol. The van der Waals surface area contributed by atoms with E-state index in [1.807, 2.05) is 30.3 Å². The normalized spacial score (nSPS) is 15.4. The number of methoxy groups -OCH3 is 2. The maximum absolute atomic E-state index is 13.4. The Morgan fingerprint density at radius 3 is 1.62 bits per heavy atom. The monoisotopic (exact) mass is 800 g/mol. The Hall–Kier alpha value is -4.96. The molecule has 296 valence electrons. The number of carbonyl (C=O) groups is 2. The van der Waals surface area contributed by atoms with Gasteiger partial charge in [0, 0.05) is 73.9 Å². The average Bonchev–Trinajstić information content (AvgIpc) is 3.56. The molecule has 8 N–H and O–H groups in total. The van der Waals surface area contributed by atoms with Crippen LogP contribution in [0.25, 0.3) is 0 Å². The van der Waals surface area contributed by atoms with Crippen LogP contribution in [0.3, 0.4) is 0 Å². The van der Waals surface area contributed by atoms with Gasteiger partial charge in [0.15, 0.2) is 0 Å². The minimum Gasteiger partial charge on any atom is -0.507 e. The number of aliphatic hydroxyl groups excluding tert-OH is 2. The molecule has 0 saturated heterocycles. The molecule has 0 fully saturated rings. The van der Waals surface area contributed by atoms with Crippen LogP contribution >= 0.6 is 24.8 Å². The van der Waals surface area contributed by atoms with Crippen molar-refractivity contribution in [3.63, 3.8) is 0 Å². The summed E-state index contributed by atoms with van der Waals surface area (Å²) >= 11 is 0. The largest absolute Gasteiger partial charge is 0.507 e. The third-order valence-corrected chi connectivity index (χ3v) is 9.27. The first-order valence-corrected chi connectivity index (χ1v) is 17.4. The van der Waals surface area contributed by atoms with Crippen LogP contribution in [0.2, 0.25) is 0 Å². The summed E-state index contributed by atoms with van der Waals surface area (Å²) in [5, 5.41) is 50.6. The fourth-order valence-corrected chi connectivity index (χ4v) is 6.71. The number of anilines is 2. The van der Waals surface area contributed by atoms with Gasteiger partial charge in [-0.15, -0.1) is 24.8 Å². The Kier molecular flexibility index (Phi) is 15.2. The van der Waals surface area contributed by atoms with Crippen molar-refractivity contribution in [3.8, 4) is 34.5 Å². The van der Waals surface area contributed by atoms with E-state index in [4.69, 9.17) is 29.2 Å². The van der Waals surface area contributed by atoms with E-state index in [0.717, 1.165) is 28.6 Å². The number of hydrogen-bond acceptors (Lipinski definition) is 14. The van der Waals surface area contributed by atoms with Crippen molar-refractivity contribution >= 4 is 47.8 Å². The second-order valence-corrected chi connectivity index (χ2v) is 12.5. The molecule has 0 saturated carbocycles. The molecule has 0 bridgehead atoms. The van der Waals surface area contributed by atoms with E-state index in [1.165, 1.54) is 17.7 Å². The molecule has 2 aliphatic heterocycles. The number of aliphatic hydroxyl groups is 2. The van der Waals surface area contributed by atoms with Crippen molar-refractivity contribution in [1.29, 1.82) is 0 Å². The quantitative estimate of drug-likeness (QED) is 0.0592. The Labute approximate surface area is 331 Å². The molecule has 2 heterocycles. The van der Waals surface area contributed by atoms with Gasteiger partial charge in [0.2, 0.25) is 11.6 Å². The highest BCUT2D eigenvalue weighted by atomic mass is 35.5. The van der Waals surface area contributed by atoms with Crippen molar-refractivity contribution in [2.45, 2.75) is 12.0 Å². The van der Waals surface area contributed by atoms with Crippen LogP contribution in [-0.4, -0.2) is 105 Å². The topological polar surface area (TPSA) is 200 Å². The van der Waals surface area contributed by atoms with Gasteiger partial charge in [-0.1, -0.05) is 6.07 Å². The molecular weight excluding hydrogens is 755 g/mol. The number of hydrogen-bond donors (Lipinski definition) is 8. The molecule has 0 radical (unpaired) electrons. The smallest absolute Gasteiger partial charge is 0.200 e. The zero-order valence-electron chi connectivity index (χ0n) is 30.3. The number of nitrogens with one attached hydrogen (secondary N) is 4. The summed E-state index contributed by atoms with van der Waals surface area (Å²) in [5.74, 6) is 1.70. The zero-order chi connectivity index (χ0) is 37.5. The van der Waals surface area contributed by atoms with Crippen LogP contribution in [0.4, 0.5) is 11.4 Å².